The zero-order chi connectivity index (χ0) is 11.7. The summed E-state index contributed by atoms with van der Waals surface area (Å²) in [7, 11) is 0. The Bertz CT molecular complexity index is 397. The maximum atomic E-state index is 13.6. The lowest BCUT2D eigenvalue weighted by Crippen LogP contribution is -2.33. The molecule has 1 amide bonds. The van der Waals surface area contributed by atoms with Gasteiger partial charge in [0.25, 0.3) is 5.91 Å². The van der Waals surface area contributed by atoms with Crippen LogP contribution in [0.3, 0.4) is 0 Å². The number of carbonyl (C=O) groups excluding carboxylic acids is 1. The van der Waals surface area contributed by atoms with E-state index in [0.717, 1.165) is 12.8 Å². The molecule has 0 atom stereocenters. The highest BCUT2D eigenvalue weighted by atomic mass is 79.9. The predicted octanol–water partition coefficient (Wildman–Crippen LogP) is 3.21. The monoisotopic (exact) mass is 285 g/mol. The SMILES string of the molecule is CCN(C(=O)c1c(F)cccc1Br)C1CC1. The molecule has 0 aliphatic heterocycles. The normalized spacial score (nSPS) is 14.9. The van der Waals surface area contributed by atoms with Crippen LogP contribution in [0.4, 0.5) is 4.39 Å². The molecule has 2 rings (SSSR count). The molecule has 0 saturated heterocycles. The number of hydrogen-bond donors (Lipinski definition) is 0. The van der Waals surface area contributed by atoms with Crippen LogP contribution in [0.5, 0.6) is 0 Å². The Morgan fingerprint density at radius 2 is 2.25 bits per heavy atom. The van der Waals surface area contributed by atoms with Gasteiger partial charge in [0.05, 0.1) is 5.56 Å². The third-order valence-electron chi connectivity index (χ3n) is 2.77. The standard InChI is InChI=1S/C12H13BrFNO/c1-2-15(8-6-7-8)12(16)11-9(13)4-3-5-10(11)14/h3-5,8H,2,6-7H2,1H3. The number of benzene rings is 1. The Morgan fingerprint density at radius 3 is 2.75 bits per heavy atom. The van der Waals surface area contributed by atoms with Crippen molar-refractivity contribution in [1.29, 1.82) is 0 Å². The lowest BCUT2D eigenvalue weighted by atomic mass is 10.2. The molecule has 1 saturated carbocycles. The van der Waals surface area contributed by atoms with Crippen LogP contribution in [0.15, 0.2) is 22.7 Å². The zero-order valence-electron chi connectivity index (χ0n) is 9.04. The third-order valence-corrected chi connectivity index (χ3v) is 3.43. The summed E-state index contributed by atoms with van der Waals surface area (Å²) in [6.45, 7) is 2.55. The largest absolute Gasteiger partial charge is 0.336 e. The van der Waals surface area contributed by atoms with E-state index in [2.05, 4.69) is 15.9 Å². The summed E-state index contributed by atoms with van der Waals surface area (Å²) in [4.78, 5) is 13.9. The van der Waals surface area contributed by atoms with Gasteiger partial charge in [-0.1, -0.05) is 6.07 Å². The van der Waals surface area contributed by atoms with Crippen molar-refractivity contribution < 1.29 is 9.18 Å². The van der Waals surface area contributed by atoms with Crippen LogP contribution in [0.25, 0.3) is 0 Å². The summed E-state index contributed by atoms with van der Waals surface area (Å²) in [6.07, 6.45) is 2.07. The zero-order valence-corrected chi connectivity index (χ0v) is 10.6. The van der Waals surface area contributed by atoms with Gasteiger partial charge in [0, 0.05) is 17.1 Å². The van der Waals surface area contributed by atoms with Gasteiger partial charge >= 0.3 is 0 Å². The van der Waals surface area contributed by atoms with Gasteiger partial charge in [0.2, 0.25) is 0 Å². The number of carbonyl (C=O) groups is 1. The molecule has 0 radical (unpaired) electrons. The van der Waals surface area contributed by atoms with Crippen molar-refractivity contribution >= 4 is 21.8 Å². The smallest absolute Gasteiger partial charge is 0.258 e. The van der Waals surface area contributed by atoms with E-state index in [-0.39, 0.29) is 11.5 Å². The highest BCUT2D eigenvalue weighted by Gasteiger charge is 2.33. The first-order valence-corrected chi connectivity index (χ1v) is 6.19. The molecule has 1 fully saturated rings. The van der Waals surface area contributed by atoms with E-state index in [1.165, 1.54) is 6.07 Å². The van der Waals surface area contributed by atoms with Gasteiger partial charge in [-0.25, -0.2) is 4.39 Å². The fraction of sp³-hybridized carbons (Fsp3) is 0.417. The maximum absolute atomic E-state index is 13.6. The summed E-state index contributed by atoms with van der Waals surface area (Å²) in [6, 6.07) is 4.91. The lowest BCUT2D eigenvalue weighted by molar-refractivity contribution is 0.0747. The van der Waals surface area contributed by atoms with E-state index < -0.39 is 5.82 Å². The van der Waals surface area contributed by atoms with Crippen molar-refractivity contribution in [3.8, 4) is 0 Å². The molecule has 0 aromatic heterocycles. The van der Waals surface area contributed by atoms with Crippen molar-refractivity contribution in [1.82, 2.24) is 4.90 Å². The van der Waals surface area contributed by atoms with E-state index in [0.29, 0.717) is 17.1 Å². The van der Waals surface area contributed by atoms with Crippen LogP contribution < -0.4 is 0 Å². The third kappa shape index (κ3) is 2.12. The van der Waals surface area contributed by atoms with E-state index in [4.69, 9.17) is 0 Å². The second kappa shape index (κ2) is 4.53. The minimum Gasteiger partial charge on any atom is -0.336 e. The molecule has 1 aliphatic carbocycles. The summed E-state index contributed by atoms with van der Waals surface area (Å²) >= 11 is 3.23. The van der Waals surface area contributed by atoms with Gasteiger partial charge in [0.1, 0.15) is 5.82 Å². The van der Waals surface area contributed by atoms with E-state index in [9.17, 15) is 9.18 Å². The predicted molar refractivity (Wildman–Crippen MR) is 63.8 cm³/mol. The highest BCUT2D eigenvalue weighted by Crippen LogP contribution is 2.30. The minimum absolute atomic E-state index is 0.149. The van der Waals surface area contributed by atoms with Crippen LogP contribution in [-0.2, 0) is 0 Å². The minimum atomic E-state index is -0.460. The first-order valence-electron chi connectivity index (χ1n) is 5.40. The number of hydrogen-bond acceptors (Lipinski definition) is 1. The highest BCUT2D eigenvalue weighted by molar-refractivity contribution is 9.10. The molecule has 1 aliphatic rings. The fourth-order valence-corrected chi connectivity index (χ4v) is 2.31. The molecule has 0 N–H and O–H groups in total. The molecule has 1 aromatic carbocycles. The van der Waals surface area contributed by atoms with Crippen LogP contribution in [0.1, 0.15) is 30.1 Å². The van der Waals surface area contributed by atoms with Crippen LogP contribution in [-0.4, -0.2) is 23.4 Å². The van der Waals surface area contributed by atoms with Gasteiger partial charge in [-0.3, -0.25) is 4.79 Å². The Kier molecular flexibility index (Phi) is 3.28. The molecule has 1 aromatic rings. The molecular weight excluding hydrogens is 273 g/mol. The number of halogens is 2. The van der Waals surface area contributed by atoms with Crippen molar-refractivity contribution in [3.63, 3.8) is 0 Å². The van der Waals surface area contributed by atoms with Crippen molar-refractivity contribution in [2.75, 3.05) is 6.54 Å². The Hall–Kier alpha value is -0.900. The van der Waals surface area contributed by atoms with Gasteiger partial charge in [-0.05, 0) is 47.8 Å². The van der Waals surface area contributed by atoms with E-state index in [1.807, 2.05) is 6.92 Å². The van der Waals surface area contributed by atoms with E-state index >= 15 is 0 Å². The number of amides is 1. The van der Waals surface area contributed by atoms with Gasteiger partial charge < -0.3 is 4.90 Å². The topological polar surface area (TPSA) is 20.3 Å². The van der Waals surface area contributed by atoms with Gasteiger partial charge in [-0.15, -0.1) is 0 Å². The first kappa shape index (κ1) is 11.6. The lowest BCUT2D eigenvalue weighted by Gasteiger charge is -2.21. The quantitative estimate of drug-likeness (QED) is 0.835. The number of nitrogens with zero attached hydrogens (tertiary/aromatic N) is 1. The first-order chi connectivity index (χ1) is 7.65. The van der Waals surface area contributed by atoms with Gasteiger partial charge in [0.15, 0.2) is 0 Å². The van der Waals surface area contributed by atoms with Crippen LogP contribution >= 0.6 is 15.9 Å². The van der Waals surface area contributed by atoms with Gasteiger partial charge in [-0.2, -0.15) is 0 Å². The Labute approximate surface area is 103 Å². The average molecular weight is 286 g/mol. The van der Waals surface area contributed by atoms with Crippen molar-refractivity contribution in [2.45, 2.75) is 25.8 Å². The summed E-state index contributed by atoms with van der Waals surface area (Å²) in [5, 5.41) is 0. The summed E-state index contributed by atoms with van der Waals surface area (Å²) < 4.78 is 14.1. The number of rotatable bonds is 3. The molecule has 0 heterocycles. The molecule has 0 unspecified atom stereocenters. The second-order valence-corrected chi connectivity index (χ2v) is 4.77. The maximum Gasteiger partial charge on any atom is 0.258 e. The average Bonchev–Trinajstić information content (AvgIpc) is 3.03. The molecule has 86 valence electrons. The van der Waals surface area contributed by atoms with Crippen molar-refractivity contribution in [3.05, 3.63) is 34.1 Å². The molecule has 2 nitrogen and oxygen atoms in total. The fourth-order valence-electron chi connectivity index (χ4n) is 1.80. The molecule has 4 heteroatoms. The Balaban J connectivity index is 2.32. The second-order valence-electron chi connectivity index (χ2n) is 3.92. The molecule has 0 bridgehead atoms. The summed E-state index contributed by atoms with van der Waals surface area (Å²) in [5.41, 5.74) is 0.149. The Morgan fingerprint density at radius 1 is 1.56 bits per heavy atom. The van der Waals surface area contributed by atoms with Crippen LogP contribution in [0.2, 0.25) is 0 Å². The van der Waals surface area contributed by atoms with E-state index in [1.54, 1.807) is 17.0 Å². The molecule has 16 heavy (non-hydrogen) atoms. The molecule has 0 spiro atoms. The van der Waals surface area contributed by atoms with Crippen molar-refractivity contribution in [2.24, 2.45) is 0 Å². The van der Waals surface area contributed by atoms with Crippen LogP contribution in [0, 0.1) is 5.82 Å². The molecular formula is C12H13BrFNO. The summed E-state index contributed by atoms with van der Waals surface area (Å²) in [5.74, 6) is -0.673.